The van der Waals surface area contributed by atoms with Gasteiger partial charge in [-0.05, 0) is 50.1 Å². The summed E-state index contributed by atoms with van der Waals surface area (Å²) < 4.78 is 2.20. The van der Waals surface area contributed by atoms with E-state index in [1.807, 2.05) is 43.3 Å². The molecule has 1 heterocycles. The SMILES string of the molecule is C/C=C/C(=O)NCCCCCc1nc2ccccc2n1Cc1c(Cl)cccc1Cl. The van der Waals surface area contributed by atoms with Gasteiger partial charge in [0, 0.05) is 28.6 Å². The maximum absolute atomic E-state index is 11.4. The normalized spacial score (nSPS) is 11.4. The molecule has 2 aromatic carbocycles. The van der Waals surface area contributed by atoms with E-state index in [2.05, 4.69) is 16.0 Å². The molecule has 0 bridgehead atoms. The van der Waals surface area contributed by atoms with Gasteiger partial charge in [0.2, 0.25) is 5.91 Å². The van der Waals surface area contributed by atoms with E-state index >= 15 is 0 Å². The van der Waals surface area contributed by atoms with Crippen molar-refractivity contribution >= 4 is 40.1 Å². The number of nitrogens with zero attached hydrogens (tertiary/aromatic N) is 2. The Labute approximate surface area is 181 Å². The van der Waals surface area contributed by atoms with Crippen LogP contribution in [0.2, 0.25) is 10.0 Å². The highest BCUT2D eigenvalue weighted by molar-refractivity contribution is 6.36. The number of amides is 1. The zero-order valence-corrected chi connectivity index (χ0v) is 18.0. The van der Waals surface area contributed by atoms with E-state index in [1.54, 1.807) is 12.2 Å². The zero-order valence-electron chi connectivity index (χ0n) is 16.5. The Kier molecular flexibility index (Phi) is 7.73. The average molecular weight is 430 g/mol. The van der Waals surface area contributed by atoms with Crippen molar-refractivity contribution in [2.24, 2.45) is 0 Å². The summed E-state index contributed by atoms with van der Waals surface area (Å²) in [7, 11) is 0. The first-order valence-corrected chi connectivity index (χ1v) is 10.6. The fourth-order valence-corrected chi connectivity index (χ4v) is 3.86. The van der Waals surface area contributed by atoms with Crippen molar-refractivity contribution < 1.29 is 4.79 Å². The number of benzene rings is 2. The van der Waals surface area contributed by atoms with Gasteiger partial charge in [-0.1, -0.05) is 53.9 Å². The maximum atomic E-state index is 11.4. The van der Waals surface area contributed by atoms with Crippen LogP contribution in [0.15, 0.2) is 54.6 Å². The topological polar surface area (TPSA) is 46.9 Å². The predicted molar refractivity (Wildman–Crippen MR) is 121 cm³/mol. The molecule has 0 spiro atoms. The average Bonchev–Trinajstić information content (AvgIpc) is 3.05. The minimum absolute atomic E-state index is 0.0362. The van der Waals surface area contributed by atoms with Gasteiger partial charge < -0.3 is 9.88 Å². The fraction of sp³-hybridized carbons (Fsp3) is 0.304. The molecule has 1 aromatic heterocycles. The number of nitrogens with one attached hydrogen (secondary N) is 1. The van der Waals surface area contributed by atoms with Gasteiger partial charge in [-0.3, -0.25) is 4.79 Å². The molecule has 0 atom stereocenters. The van der Waals surface area contributed by atoms with Crippen LogP contribution in [-0.4, -0.2) is 22.0 Å². The zero-order chi connectivity index (χ0) is 20.6. The number of allylic oxidation sites excluding steroid dienone is 1. The molecule has 1 N–H and O–H groups in total. The molecule has 0 aliphatic rings. The molecule has 0 saturated carbocycles. The quantitative estimate of drug-likeness (QED) is 0.345. The van der Waals surface area contributed by atoms with Crippen molar-refractivity contribution in [2.45, 2.75) is 39.2 Å². The van der Waals surface area contributed by atoms with Crippen molar-refractivity contribution in [3.63, 3.8) is 0 Å². The van der Waals surface area contributed by atoms with E-state index in [0.717, 1.165) is 48.1 Å². The number of fused-ring (bicyclic) bond motifs is 1. The Morgan fingerprint density at radius 3 is 2.59 bits per heavy atom. The van der Waals surface area contributed by atoms with Crippen LogP contribution in [0.5, 0.6) is 0 Å². The minimum atomic E-state index is -0.0362. The van der Waals surface area contributed by atoms with Crippen molar-refractivity contribution in [2.75, 3.05) is 6.54 Å². The van der Waals surface area contributed by atoms with Gasteiger partial charge in [0.25, 0.3) is 0 Å². The third-order valence-electron chi connectivity index (χ3n) is 4.81. The number of carbonyl (C=O) groups excluding carboxylic acids is 1. The number of aryl methyl sites for hydroxylation is 1. The smallest absolute Gasteiger partial charge is 0.243 e. The number of rotatable bonds is 9. The van der Waals surface area contributed by atoms with Crippen LogP contribution in [0.3, 0.4) is 0 Å². The number of aromatic nitrogens is 2. The largest absolute Gasteiger partial charge is 0.353 e. The molecule has 0 fully saturated rings. The van der Waals surface area contributed by atoms with E-state index in [0.29, 0.717) is 23.1 Å². The standard InChI is InChI=1S/C23H25Cl2N3O/c1-2-9-23(29)26-15-7-3-4-14-22-27-20-12-5-6-13-21(20)28(22)16-17-18(24)10-8-11-19(17)25/h2,5-6,8-13H,3-4,7,14-16H2,1H3,(H,26,29)/b9-2+. The van der Waals surface area contributed by atoms with E-state index in [1.165, 1.54) is 0 Å². The summed E-state index contributed by atoms with van der Waals surface area (Å²) in [5.41, 5.74) is 2.97. The second-order valence-electron chi connectivity index (χ2n) is 6.90. The Bertz CT molecular complexity index is 990. The molecule has 152 valence electrons. The molecular weight excluding hydrogens is 405 g/mol. The molecule has 0 aliphatic carbocycles. The van der Waals surface area contributed by atoms with Crippen molar-refractivity contribution in [3.05, 3.63) is 76.0 Å². The lowest BCUT2D eigenvalue weighted by molar-refractivity contribution is -0.116. The number of imidazole rings is 1. The van der Waals surface area contributed by atoms with Gasteiger partial charge in [0.05, 0.1) is 17.6 Å². The molecule has 6 heteroatoms. The Morgan fingerprint density at radius 1 is 1.07 bits per heavy atom. The monoisotopic (exact) mass is 429 g/mol. The summed E-state index contributed by atoms with van der Waals surface area (Å²) in [6.45, 7) is 3.12. The molecule has 0 unspecified atom stereocenters. The second-order valence-corrected chi connectivity index (χ2v) is 7.72. The van der Waals surface area contributed by atoms with Gasteiger partial charge in [-0.2, -0.15) is 0 Å². The fourth-order valence-electron chi connectivity index (χ4n) is 3.34. The Hall–Kier alpha value is -2.30. The number of unbranched alkanes of at least 4 members (excludes halogenated alkanes) is 2. The first kappa shape index (κ1) is 21.4. The van der Waals surface area contributed by atoms with Crippen LogP contribution < -0.4 is 5.32 Å². The van der Waals surface area contributed by atoms with E-state index in [4.69, 9.17) is 28.2 Å². The Balaban J connectivity index is 1.68. The Morgan fingerprint density at radius 2 is 1.83 bits per heavy atom. The third-order valence-corrected chi connectivity index (χ3v) is 5.51. The van der Waals surface area contributed by atoms with Gasteiger partial charge >= 0.3 is 0 Å². The van der Waals surface area contributed by atoms with Crippen molar-refractivity contribution in [1.82, 2.24) is 14.9 Å². The lowest BCUT2D eigenvalue weighted by Crippen LogP contribution is -2.21. The highest BCUT2D eigenvalue weighted by Crippen LogP contribution is 2.28. The molecule has 4 nitrogen and oxygen atoms in total. The van der Waals surface area contributed by atoms with Crippen LogP contribution in [0.1, 0.15) is 37.6 Å². The third kappa shape index (κ3) is 5.62. The molecular formula is C23H25Cl2N3O. The first-order chi connectivity index (χ1) is 14.1. The van der Waals surface area contributed by atoms with E-state index < -0.39 is 0 Å². The van der Waals surface area contributed by atoms with Crippen molar-refractivity contribution in [3.8, 4) is 0 Å². The van der Waals surface area contributed by atoms with Crippen LogP contribution >= 0.6 is 23.2 Å². The molecule has 0 saturated heterocycles. The minimum Gasteiger partial charge on any atom is -0.353 e. The summed E-state index contributed by atoms with van der Waals surface area (Å²) in [5, 5.41) is 4.21. The highest BCUT2D eigenvalue weighted by atomic mass is 35.5. The van der Waals surface area contributed by atoms with Crippen LogP contribution in [0, 0.1) is 0 Å². The van der Waals surface area contributed by atoms with Gasteiger partial charge in [-0.25, -0.2) is 4.98 Å². The molecule has 0 radical (unpaired) electrons. The molecule has 3 aromatic rings. The van der Waals surface area contributed by atoms with Crippen LogP contribution in [0.25, 0.3) is 11.0 Å². The number of hydrogen-bond acceptors (Lipinski definition) is 2. The van der Waals surface area contributed by atoms with Crippen LogP contribution in [0.4, 0.5) is 0 Å². The van der Waals surface area contributed by atoms with Gasteiger partial charge in [-0.15, -0.1) is 0 Å². The molecule has 3 rings (SSSR count). The summed E-state index contributed by atoms with van der Waals surface area (Å²) in [6, 6.07) is 13.7. The lowest BCUT2D eigenvalue weighted by atomic mass is 10.1. The number of para-hydroxylation sites is 2. The van der Waals surface area contributed by atoms with E-state index in [9.17, 15) is 4.79 Å². The van der Waals surface area contributed by atoms with Gasteiger partial charge in [0.1, 0.15) is 5.82 Å². The van der Waals surface area contributed by atoms with E-state index in [-0.39, 0.29) is 5.91 Å². The molecule has 1 amide bonds. The number of carbonyl (C=O) groups is 1. The van der Waals surface area contributed by atoms with Crippen LogP contribution in [-0.2, 0) is 17.8 Å². The summed E-state index contributed by atoms with van der Waals surface area (Å²) in [5.74, 6) is 0.992. The lowest BCUT2D eigenvalue weighted by Gasteiger charge is -2.12. The second kappa shape index (κ2) is 10.5. The highest BCUT2D eigenvalue weighted by Gasteiger charge is 2.14. The van der Waals surface area contributed by atoms with Gasteiger partial charge in [0.15, 0.2) is 0 Å². The summed E-state index contributed by atoms with van der Waals surface area (Å²) in [6.07, 6.45) is 7.11. The first-order valence-electron chi connectivity index (χ1n) is 9.87. The summed E-state index contributed by atoms with van der Waals surface area (Å²) in [4.78, 5) is 16.3. The maximum Gasteiger partial charge on any atom is 0.243 e. The molecule has 29 heavy (non-hydrogen) atoms. The number of hydrogen-bond donors (Lipinski definition) is 1. The predicted octanol–water partition coefficient (Wildman–Crippen LogP) is 5.80. The number of halogens is 2. The molecule has 0 aliphatic heterocycles. The summed E-state index contributed by atoms with van der Waals surface area (Å²) >= 11 is 12.8. The van der Waals surface area contributed by atoms with Crippen molar-refractivity contribution in [1.29, 1.82) is 0 Å².